The topological polar surface area (TPSA) is 95.6 Å². The molecule has 1 aromatic carbocycles. The third kappa shape index (κ3) is 5.05. The lowest BCUT2D eigenvalue weighted by molar-refractivity contribution is -0.117. The highest BCUT2D eigenvalue weighted by atomic mass is 32.2. The molecule has 2 aliphatic rings. The van der Waals surface area contributed by atoms with Crippen LogP contribution in [0.4, 0.5) is 0 Å². The monoisotopic (exact) mass is 419 g/mol. The van der Waals surface area contributed by atoms with Gasteiger partial charge in [0.1, 0.15) is 5.37 Å². The smallest absolute Gasteiger partial charge is 0.253 e. The first-order chi connectivity index (χ1) is 13.9. The van der Waals surface area contributed by atoms with Crippen LogP contribution in [-0.2, 0) is 14.6 Å². The Labute approximate surface area is 172 Å². The number of rotatable bonds is 6. The number of carbonyl (C=O) groups excluding carboxylic acids is 2. The number of hydrogen-bond donors (Lipinski definition) is 2. The van der Waals surface area contributed by atoms with E-state index >= 15 is 0 Å². The molecule has 3 rings (SSSR count). The number of nitrogens with one attached hydrogen (secondary N) is 2. The molecule has 2 heterocycles. The van der Waals surface area contributed by atoms with Gasteiger partial charge in [0.05, 0.1) is 4.90 Å². The SMILES string of the molecule is C=CC(=O)NC(C1CCNCC1)S(=O)(=O)c1ccc(C(=O)N2CCCCC2)cc1. The third-order valence-corrected chi connectivity index (χ3v) is 7.79. The van der Waals surface area contributed by atoms with Crippen LogP contribution < -0.4 is 10.6 Å². The molecule has 2 aliphatic heterocycles. The van der Waals surface area contributed by atoms with Crippen molar-refractivity contribution in [3.8, 4) is 0 Å². The summed E-state index contributed by atoms with van der Waals surface area (Å²) in [5, 5.41) is 4.81. The van der Waals surface area contributed by atoms with Crippen LogP contribution in [0.1, 0.15) is 42.5 Å². The highest BCUT2D eigenvalue weighted by molar-refractivity contribution is 7.92. The number of benzene rings is 1. The summed E-state index contributed by atoms with van der Waals surface area (Å²) in [7, 11) is -3.81. The van der Waals surface area contributed by atoms with Crippen molar-refractivity contribution in [2.24, 2.45) is 5.92 Å². The van der Waals surface area contributed by atoms with Crippen LogP contribution in [0.3, 0.4) is 0 Å². The molecule has 158 valence electrons. The van der Waals surface area contributed by atoms with Gasteiger partial charge in [-0.3, -0.25) is 9.59 Å². The number of carbonyl (C=O) groups is 2. The Morgan fingerprint density at radius 3 is 2.31 bits per heavy atom. The van der Waals surface area contributed by atoms with E-state index in [0.29, 0.717) is 31.5 Å². The summed E-state index contributed by atoms with van der Waals surface area (Å²) in [6.45, 7) is 6.33. The Morgan fingerprint density at radius 2 is 1.72 bits per heavy atom. The van der Waals surface area contributed by atoms with Gasteiger partial charge < -0.3 is 15.5 Å². The van der Waals surface area contributed by atoms with E-state index < -0.39 is 21.1 Å². The summed E-state index contributed by atoms with van der Waals surface area (Å²) in [5.41, 5.74) is 0.486. The summed E-state index contributed by atoms with van der Waals surface area (Å²) in [4.78, 5) is 26.5. The maximum absolute atomic E-state index is 13.3. The molecule has 2 N–H and O–H groups in total. The van der Waals surface area contributed by atoms with Crippen molar-refractivity contribution in [3.05, 3.63) is 42.5 Å². The van der Waals surface area contributed by atoms with Gasteiger partial charge in [-0.25, -0.2) is 8.42 Å². The Balaban J connectivity index is 1.82. The molecular weight excluding hydrogens is 390 g/mol. The van der Waals surface area contributed by atoms with E-state index in [0.717, 1.165) is 38.4 Å². The molecule has 8 heteroatoms. The van der Waals surface area contributed by atoms with Gasteiger partial charge in [0.2, 0.25) is 5.91 Å². The molecule has 0 saturated carbocycles. The zero-order valence-corrected chi connectivity index (χ0v) is 17.4. The van der Waals surface area contributed by atoms with Gasteiger partial charge in [-0.1, -0.05) is 6.58 Å². The zero-order chi connectivity index (χ0) is 20.9. The maximum atomic E-state index is 13.3. The maximum Gasteiger partial charge on any atom is 0.253 e. The van der Waals surface area contributed by atoms with Crippen LogP contribution in [0.2, 0.25) is 0 Å². The number of likely N-dealkylation sites (tertiary alicyclic amines) is 1. The van der Waals surface area contributed by atoms with Crippen LogP contribution >= 0.6 is 0 Å². The third-order valence-electron chi connectivity index (χ3n) is 5.69. The van der Waals surface area contributed by atoms with Crippen LogP contribution in [-0.4, -0.2) is 56.7 Å². The molecule has 1 aromatic rings. The molecule has 0 spiro atoms. The molecule has 2 fully saturated rings. The van der Waals surface area contributed by atoms with E-state index in [2.05, 4.69) is 17.2 Å². The van der Waals surface area contributed by atoms with Gasteiger partial charge >= 0.3 is 0 Å². The summed E-state index contributed by atoms with van der Waals surface area (Å²) < 4.78 is 26.6. The van der Waals surface area contributed by atoms with Crippen LogP contribution in [0.25, 0.3) is 0 Å². The van der Waals surface area contributed by atoms with Gasteiger partial charge in [-0.15, -0.1) is 0 Å². The highest BCUT2D eigenvalue weighted by Gasteiger charge is 2.36. The molecule has 29 heavy (non-hydrogen) atoms. The van der Waals surface area contributed by atoms with Gasteiger partial charge in [-0.2, -0.15) is 0 Å². The first-order valence-corrected chi connectivity index (χ1v) is 11.7. The Morgan fingerprint density at radius 1 is 1.10 bits per heavy atom. The summed E-state index contributed by atoms with van der Waals surface area (Å²) >= 11 is 0. The molecule has 0 aromatic heterocycles. The van der Waals surface area contributed by atoms with Crippen molar-refractivity contribution in [1.29, 1.82) is 0 Å². The first kappa shape index (κ1) is 21.5. The number of hydrogen-bond acceptors (Lipinski definition) is 5. The summed E-state index contributed by atoms with van der Waals surface area (Å²) in [6.07, 6.45) is 5.54. The lowest BCUT2D eigenvalue weighted by atomic mass is 9.98. The van der Waals surface area contributed by atoms with E-state index in [1.807, 2.05) is 4.90 Å². The minimum Gasteiger partial charge on any atom is -0.339 e. The lowest BCUT2D eigenvalue weighted by Gasteiger charge is -2.31. The fraction of sp³-hybridized carbons (Fsp3) is 0.524. The molecular formula is C21H29N3O4S. The van der Waals surface area contributed by atoms with E-state index in [1.54, 1.807) is 12.1 Å². The van der Waals surface area contributed by atoms with Crippen LogP contribution in [0.15, 0.2) is 41.8 Å². The van der Waals surface area contributed by atoms with Crippen LogP contribution in [0.5, 0.6) is 0 Å². The fourth-order valence-electron chi connectivity index (χ4n) is 4.01. The molecule has 1 unspecified atom stereocenters. The zero-order valence-electron chi connectivity index (χ0n) is 16.6. The second-order valence-electron chi connectivity index (χ2n) is 7.64. The predicted octanol–water partition coefficient (Wildman–Crippen LogP) is 1.71. The number of piperidine rings is 2. The normalized spacial score (nSPS) is 19.4. The lowest BCUT2D eigenvalue weighted by Crippen LogP contribution is -2.48. The average Bonchev–Trinajstić information content (AvgIpc) is 2.78. The van der Waals surface area contributed by atoms with Crippen molar-refractivity contribution in [2.45, 2.75) is 42.4 Å². The first-order valence-electron chi connectivity index (χ1n) is 10.2. The number of sulfone groups is 1. The van der Waals surface area contributed by atoms with Gasteiger partial charge in [-0.05, 0) is 81.5 Å². The quantitative estimate of drug-likeness (QED) is 0.685. The molecule has 0 radical (unpaired) electrons. The van der Waals surface area contributed by atoms with E-state index in [4.69, 9.17) is 0 Å². The molecule has 0 aliphatic carbocycles. The van der Waals surface area contributed by atoms with Gasteiger partial charge in [0.25, 0.3) is 5.91 Å². The minimum absolute atomic E-state index is 0.0662. The predicted molar refractivity (Wildman–Crippen MR) is 111 cm³/mol. The Hall–Kier alpha value is -2.19. The van der Waals surface area contributed by atoms with Crippen molar-refractivity contribution in [3.63, 3.8) is 0 Å². The summed E-state index contributed by atoms with van der Waals surface area (Å²) in [5.74, 6) is -0.752. The van der Waals surface area contributed by atoms with Crippen molar-refractivity contribution >= 4 is 21.7 Å². The van der Waals surface area contributed by atoms with Crippen molar-refractivity contribution in [1.82, 2.24) is 15.5 Å². The second-order valence-corrected chi connectivity index (χ2v) is 9.71. The molecule has 2 saturated heterocycles. The highest BCUT2D eigenvalue weighted by Crippen LogP contribution is 2.26. The Bertz CT molecular complexity index is 839. The van der Waals surface area contributed by atoms with Crippen molar-refractivity contribution < 1.29 is 18.0 Å². The minimum atomic E-state index is -3.81. The molecule has 2 amide bonds. The number of nitrogens with zero attached hydrogens (tertiary/aromatic N) is 1. The molecule has 1 atom stereocenters. The summed E-state index contributed by atoms with van der Waals surface area (Å²) in [6, 6.07) is 6.08. The fourth-order valence-corrected chi connectivity index (χ4v) is 5.87. The Kier molecular flexibility index (Phi) is 7.08. The van der Waals surface area contributed by atoms with Gasteiger partial charge in [0.15, 0.2) is 9.84 Å². The average molecular weight is 420 g/mol. The molecule has 7 nitrogen and oxygen atoms in total. The van der Waals surface area contributed by atoms with E-state index in [-0.39, 0.29) is 16.7 Å². The van der Waals surface area contributed by atoms with Crippen molar-refractivity contribution in [2.75, 3.05) is 26.2 Å². The standard InChI is InChI=1S/C21H29N3O4S/c1-2-19(25)23-20(16-10-12-22-13-11-16)29(27,28)18-8-6-17(7-9-18)21(26)24-14-4-3-5-15-24/h2,6-9,16,20,22H,1,3-5,10-15H2,(H,23,25). The van der Waals surface area contributed by atoms with E-state index in [9.17, 15) is 18.0 Å². The van der Waals surface area contributed by atoms with Crippen LogP contribution in [0, 0.1) is 5.92 Å². The number of amides is 2. The van der Waals surface area contributed by atoms with E-state index in [1.165, 1.54) is 12.1 Å². The van der Waals surface area contributed by atoms with Gasteiger partial charge in [0, 0.05) is 18.7 Å². The largest absolute Gasteiger partial charge is 0.339 e. The molecule has 0 bridgehead atoms. The second kappa shape index (κ2) is 9.54.